The minimum Gasteiger partial charge on any atom is -0.356 e. The number of rotatable bonds is 3. The number of hydrogen-bond donors (Lipinski definition) is 1. The van der Waals surface area contributed by atoms with Crippen molar-refractivity contribution in [3.8, 4) is 0 Å². The second-order valence-corrected chi connectivity index (χ2v) is 7.15. The van der Waals surface area contributed by atoms with E-state index in [-0.39, 0.29) is 0 Å². The first kappa shape index (κ1) is 15.5. The summed E-state index contributed by atoms with van der Waals surface area (Å²) < 4.78 is 0. The number of hydrogen-bond acceptors (Lipinski definition) is 2. The van der Waals surface area contributed by atoms with E-state index in [2.05, 4.69) is 68.6 Å². The molecule has 0 heterocycles. The number of aliphatic imine (C=N–C) groups is 1. The van der Waals surface area contributed by atoms with Gasteiger partial charge in [0.05, 0.1) is 5.69 Å². The van der Waals surface area contributed by atoms with Crippen LogP contribution in [-0.4, -0.2) is 5.71 Å². The molecule has 3 rings (SSSR count). The van der Waals surface area contributed by atoms with E-state index in [4.69, 9.17) is 4.99 Å². The molecule has 0 spiro atoms. The third-order valence-corrected chi connectivity index (χ3v) is 4.03. The molecule has 0 unspecified atom stereocenters. The minimum absolute atomic E-state index is 0.312. The molecular formula is C21H24N2. The van der Waals surface area contributed by atoms with Gasteiger partial charge in [-0.25, -0.2) is 0 Å². The van der Waals surface area contributed by atoms with Crippen LogP contribution in [0.25, 0.3) is 0 Å². The van der Waals surface area contributed by atoms with Crippen molar-refractivity contribution in [2.24, 2.45) is 10.4 Å². The van der Waals surface area contributed by atoms with Gasteiger partial charge >= 0.3 is 0 Å². The predicted octanol–water partition coefficient (Wildman–Crippen LogP) is 6.27. The standard InChI is InChI=1S/C21H24N2/c1-16-13-20(15-21(2,3)14-16)23-19-11-9-18(10-12-19)22-17-7-5-4-6-8-17/h4-13,22H,14-15H2,1-3H3/b23-20-. The van der Waals surface area contributed by atoms with Crippen molar-refractivity contribution in [2.45, 2.75) is 33.6 Å². The Labute approximate surface area is 139 Å². The van der Waals surface area contributed by atoms with Crippen LogP contribution < -0.4 is 5.32 Å². The monoisotopic (exact) mass is 304 g/mol. The topological polar surface area (TPSA) is 24.4 Å². The van der Waals surface area contributed by atoms with Crippen molar-refractivity contribution in [3.63, 3.8) is 0 Å². The Balaban J connectivity index is 1.75. The molecule has 1 aliphatic rings. The molecule has 0 saturated heterocycles. The average Bonchev–Trinajstić information content (AvgIpc) is 2.48. The van der Waals surface area contributed by atoms with Crippen LogP contribution in [-0.2, 0) is 0 Å². The summed E-state index contributed by atoms with van der Waals surface area (Å²) in [5, 5.41) is 3.39. The van der Waals surface area contributed by atoms with Gasteiger partial charge in [-0.2, -0.15) is 0 Å². The first-order valence-corrected chi connectivity index (χ1v) is 8.17. The lowest BCUT2D eigenvalue weighted by atomic mass is 9.77. The maximum atomic E-state index is 4.82. The quantitative estimate of drug-likeness (QED) is 0.710. The highest BCUT2D eigenvalue weighted by molar-refractivity contribution is 5.98. The van der Waals surface area contributed by atoms with Crippen LogP contribution in [0, 0.1) is 5.41 Å². The normalized spacial score (nSPS) is 18.6. The van der Waals surface area contributed by atoms with E-state index in [1.807, 2.05) is 18.2 Å². The fourth-order valence-electron chi connectivity index (χ4n) is 3.24. The lowest BCUT2D eigenvalue weighted by molar-refractivity contribution is 0.373. The fraction of sp³-hybridized carbons (Fsp3) is 0.286. The minimum atomic E-state index is 0.312. The maximum Gasteiger partial charge on any atom is 0.0634 e. The van der Waals surface area contributed by atoms with E-state index in [1.165, 1.54) is 11.3 Å². The van der Waals surface area contributed by atoms with Crippen molar-refractivity contribution in [3.05, 3.63) is 66.2 Å². The number of nitrogens with one attached hydrogen (secondary N) is 1. The van der Waals surface area contributed by atoms with Crippen LogP contribution in [0.5, 0.6) is 0 Å². The first-order valence-electron chi connectivity index (χ1n) is 8.17. The zero-order chi connectivity index (χ0) is 16.3. The van der Waals surface area contributed by atoms with Gasteiger partial charge in [-0.3, -0.25) is 4.99 Å². The molecule has 0 aromatic heterocycles. The van der Waals surface area contributed by atoms with E-state index < -0.39 is 0 Å². The number of para-hydroxylation sites is 1. The summed E-state index contributed by atoms with van der Waals surface area (Å²) >= 11 is 0. The van der Waals surface area contributed by atoms with Crippen LogP contribution in [0.3, 0.4) is 0 Å². The number of nitrogens with zero attached hydrogens (tertiary/aromatic N) is 1. The van der Waals surface area contributed by atoms with Crippen molar-refractivity contribution in [1.29, 1.82) is 0 Å². The third-order valence-electron chi connectivity index (χ3n) is 4.03. The van der Waals surface area contributed by atoms with Crippen molar-refractivity contribution in [2.75, 3.05) is 5.32 Å². The molecule has 0 bridgehead atoms. The molecule has 0 fully saturated rings. The van der Waals surface area contributed by atoms with Crippen LogP contribution in [0.4, 0.5) is 17.1 Å². The number of allylic oxidation sites excluding steroid dienone is 2. The van der Waals surface area contributed by atoms with Crippen molar-refractivity contribution >= 4 is 22.8 Å². The zero-order valence-corrected chi connectivity index (χ0v) is 14.1. The smallest absolute Gasteiger partial charge is 0.0634 e. The van der Waals surface area contributed by atoms with Gasteiger partial charge in [0.2, 0.25) is 0 Å². The summed E-state index contributed by atoms with van der Waals surface area (Å²) in [6.07, 6.45) is 4.43. The second kappa shape index (κ2) is 6.41. The van der Waals surface area contributed by atoms with Gasteiger partial charge in [0.15, 0.2) is 0 Å². The summed E-state index contributed by atoms with van der Waals surface area (Å²) in [4.78, 5) is 4.82. The van der Waals surface area contributed by atoms with E-state index in [0.29, 0.717) is 5.41 Å². The molecule has 23 heavy (non-hydrogen) atoms. The maximum absolute atomic E-state index is 4.82. The number of anilines is 2. The van der Waals surface area contributed by atoms with E-state index in [1.54, 1.807) is 0 Å². The Morgan fingerprint density at radius 3 is 2.17 bits per heavy atom. The largest absolute Gasteiger partial charge is 0.356 e. The average molecular weight is 304 g/mol. The van der Waals surface area contributed by atoms with Crippen LogP contribution in [0.15, 0.2) is 71.2 Å². The molecule has 2 nitrogen and oxygen atoms in total. The highest BCUT2D eigenvalue weighted by atomic mass is 14.9. The Morgan fingerprint density at radius 1 is 0.870 bits per heavy atom. The summed E-state index contributed by atoms with van der Waals surface area (Å²) in [7, 11) is 0. The predicted molar refractivity (Wildman–Crippen MR) is 100 cm³/mol. The first-order chi connectivity index (χ1) is 11.0. The third kappa shape index (κ3) is 4.32. The van der Waals surface area contributed by atoms with Crippen LogP contribution in [0.1, 0.15) is 33.6 Å². The fourth-order valence-corrected chi connectivity index (χ4v) is 3.24. The molecule has 0 amide bonds. The summed E-state index contributed by atoms with van der Waals surface area (Å²) in [5.41, 5.74) is 6.10. The van der Waals surface area contributed by atoms with Crippen LogP contribution in [0.2, 0.25) is 0 Å². The zero-order valence-electron chi connectivity index (χ0n) is 14.1. The Kier molecular flexibility index (Phi) is 4.33. The molecule has 0 saturated carbocycles. The number of benzene rings is 2. The lowest BCUT2D eigenvalue weighted by Crippen LogP contribution is -2.21. The molecule has 2 aromatic rings. The van der Waals surface area contributed by atoms with Gasteiger partial charge in [-0.1, -0.05) is 37.6 Å². The van der Waals surface area contributed by atoms with Crippen LogP contribution >= 0.6 is 0 Å². The van der Waals surface area contributed by atoms with E-state index in [9.17, 15) is 0 Å². The van der Waals surface area contributed by atoms with Gasteiger partial charge in [-0.15, -0.1) is 0 Å². The Bertz CT molecular complexity index is 722. The SMILES string of the molecule is CC1=C/C(=N/c2ccc(Nc3ccccc3)cc2)CC(C)(C)C1. The van der Waals surface area contributed by atoms with Gasteiger partial charge in [-0.05, 0) is 67.7 Å². The lowest BCUT2D eigenvalue weighted by Gasteiger charge is -2.29. The Morgan fingerprint density at radius 2 is 1.52 bits per heavy atom. The highest BCUT2D eigenvalue weighted by Gasteiger charge is 2.24. The summed E-state index contributed by atoms with van der Waals surface area (Å²) in [6, 6.07) is 18.5. The van der Waals surface area contributed by atoms with Gasteiger partial charge in [0.25, 0.3) is 0 Å². The van der Waals surface area contributed by atoms with Crippen molar-refractivity contribution in [1.82, 2.24) is 0 Å². The van der Waals surface area contributed by atoms with E-state index in [0.717, 1.165) is 29.9 Å². The van der Waals surface area contributed by atoms with Gasteiger partial charge < -0.3 is 5.32 Å². The van der Waals surface area contributed by atoms with E-state index >= 15 is 0 Å². The molecule has 0 atom stereocenters. The summed E-state index contributed by atoms with van der Waals surface area (Å²) in [5.74, 6) is 0. The molecular weight excluding hydrogens is 280 g/mol. The molecule has 0 radical (unpaired) electrons. The highest BCUT2D eigenvalue weighted by Crippen LogP contribution is 2.34. The Hall–Kier alpha value is -2.35. The molecule has 1 N–H and O–H groups in total. The van der Waals surface area contributed by atoms with Crippen molar-refractivity contribution < 1.29 is 0 Å². The molecule has 1 aliphatic carbocycles. The molecule has 2 heteroatoms. The molecule has 118 valence electrons. The van der Waals surface area contributed by atoms with Gasteiger partial charge in [0, 0.05) is 17.1 Å². The summed E-state index contributed by atoms with van der Waals surface area (Å²) in [6.45, 7) is 6.82. The molecule has 2 aromatic carbocycles. The molecule has 0 aliphatic heterocycles. The second-order valence-electron chi connectivity index (χ2n) is 7.15. The van der Waals surface area contributed by atoms with Gasteiger partial charge in [0.1, 0.15) is 0 Å².